The molecule has 1 aromatic heterocycles. The van der Waals surface area contributed by atoms with Crippen molar-refractivity contribution >= 4 is 35.2 Å². The standard InChI is InChI=1S/C34H51N5O6S/c1-22(24-14-16-25(17-15-24)29-23(2)36-21-46-29)37-31(42)27-19-26(40)20-39(27)32(43)30(34(3,4)5)38-28(41)13-11-9-7-6-8-10-12-18-35-33(44)45/h14-17,21-22,26-27,30,35,40H,6-13,18-20H2,1-5H3,(H,37,42)(H,38,41)(H,44,45)/t22-,26+,27-,30+/m0/s1. The maximum Gasteiger partial charge on any atom is 0.404 e. The molecule has 3 rings (SSSR count). The number of unbranched alkanes of at least 4 members (excludes halogenated alkanes) is 6. The molecule has 0 bridgehead atoms. The predicted molar refractivity (Wildman–Crippen MR) is 179 cm³/mol. The Morgan fingerprint density at radius 2 is 1.63 bits per heavy atom. The number of hydrogen-bond donors (Lipinski definition) is 5. The summed E-state index contributed by atoms with van der Waals surface area (Å²) in [6.45, 7) is 9.99. The molecule has 2 heterocycles. The molecule has 1 fully saturated rings. The lowest BCUT2D eigenvalue weighted by molar-refractivity contribution is -0.144. The molecule has 0 unspecified atom stereocenters. The van der Waals surface area contributed by atoms with Crippen LogP contribution in [0.1, 0.15) is 103 Å². The second-order valence-corrected chi connectivity index (χ2v) is 14.2. The van der Waals surface area contributed by atoms with Gasteiger partial charge in [0.05, 0.1) is 28.2 Å². The Hall–Kier alpha value is -3.51. The fraction of sp³-hybridized carbons (Fsp3) is 0.618. The largest absolute Gasteiger partial charge is 0.465 e. The van der Waals surface area contributed by atoms with Gasteiger partial charge in [0.1, 0.15) is 12.1 Å². The van der Waals surface area contributed by atoms with E-state index in [4.69, 9.17) is 5.11 Å². The summed E-state index contributed by atoms with van der Waals surface area (Å²) in [4.78, 5) is 57.6. The summed E-state index contributed by atoms with van der Waals surface area (Å²) in [5, 5.41) is 27.4. The monoisotopic (exact) mass is 657 g/mol. The van der Waals surface area contributed by atoms with Crippen LogP contribution in [0.4, 0.5) is 4.79 Å². The van der Waals surface area contributed by atoms with Crippen molar-refractivity contribution in [3.63, 3.8) is 0 Å². The number of benzene rings is 1. The summed E-state index contributed by atoms with van der Waals surface area (Å²) in [6.07, 6.45) is 4.99. The van der Waals surface area contributed by atoms with Crippen LogP contribution < -0.4 is 16.0 Å². The Bertz CT molecular complexity index is 1310. The van der Waals surface area contributed by atoms with E-state index in [0.717, 1.165) is 60.2 Å². The summed E-state index contributed by atoms with van der Waals surface area (Å²) >= 11 is 1.58. The molecule has 12 heteroatoms. The quantitative estimate of drug-likeness (QED) is 0.156. The van der Waals surface area contributed by atoms with Crippen molar-refractivity contribution in [3.8, 4) is 10.4 Å². The number of nitrogens with zero attached hydrogens (tertiary/aromatic N) is 2. The van der Waals surface area contributed by atoms with Crippen molar-refractivity contribution in [1.29, 1.82) is 0 Å². The third kappa shape index (κ3) is 11.1. The molecule has 2 aromatic rings. The number of hydrogen-bond acceptors (Lipinski definition) is 7. The number of likely N-dealkylation sites (tertiary alicyclic amines) is 1. The van der Waals surface area contributed by atoms with Crippen LogP contribution in [0, 0.1) is 12.3 Å². The number of rotatable bonds is 16. The van der Waals surface area contributed by atoms with Gasteiger partial charge >= 0.3 is 6.09 Å². The number of nitrogens with one attached hydrogen (secondary N) is 3. The van der Waals surface area contributed by atoms with Gasteiger partial charge in [-0.05, 0) is 43.2 Å². The minimum Gasteiger partial charge on any atom is -0.465 e. The van der Waals surface area contributed by atoms with E-state index in [2.05, 4.69) is 20.9 Å². The number of aryl methyl sites for hydroxylation is 1. The number of β-amino-alcohol motifs (C(OH)–C–C–N with tert-alkyl or cyclic N) is 1. The number of aromatic nitrogens is 1. The fourth-order valence-corrected chi connectivity index (χ4v) is 6.55. The van der Waals surface area contributed by atoms with Crippen LogP contribution in [0.15, 0.2) is 29.8 Å². The van der Waals surface area contributed by atoms with Gasteiger partial charge in [0.2, 0.25) is 17.7 Å². The molecule has 1 aromatic carbocycles. The molecule has 11 nitrogen and oxygen atoms in total. The van der Waals surface area contributed by atoms with Crippen molar-refractivity contribution < 1.29 is 29.4 Å². The minimum absolute atomic E-state index is 0.0308. The number of aliphatic hydroxyl groups is 1. The van der Waals surface area contributed by atoms with Crippen molar-refractivity contribution in [1.82, 2.24) is 25.8 Å². The van der Waals surface area contributed by atoms with Gasteiger partial charge in [-0.3, -0.25) is 14.4 Å². The lowest BCUT2D eigenvalue weighted by Crippen LogP contribution is -2.57. The number of carboxylic acid groups (broad SMARTS) is 1. The maximum absolute atomic E-state index is 13.9. The molecule has 0 saturated carbocycles. The molecule has 254 valence electrons. The van der Waals surface area contributed by atoms with Crippen molar-refractivity contribution in [2.45, 2.75) is 117 Å². The Morgan fingerprint density at radius 3 is 2.22 bits per heavy atom. The van der Waals surface area contributed by atoms with E-state index in [-0.39, 0.29) is 36.7 Å². The lowest BCUT2D eigenvalue weighted by atomic mass is 9.85. The zero-order valence-electron chi connectivity index (χ0n) is 27.8. The van der Waals surface area contributed by atoms with Crippen LogP contribution in [0.5, 0.6) is 0 Å². The number of amides is 4. The summed E-state index contributed by atoms with van der Waals surface area (Å²) in [5.74, 6) is -0.914. The highest BCUT2D eigenvalue weighted by atomic mass is 32.1. The van der Waals surface area contributed by atoms with Gasteiger partial charge in [-0.1, -0.05) is 77.1 Å². The van der Waals surface area contributed by atoms with Gasteiger partial charge in [0, 0.05) is 25.9 Å². The van der Waals surface area contributed by atoms with Crippen LogP contribution in [0.25, 0.3) is 10.4 Å². The highest BCUT2D eigenvalue weighted by Gasteiger charge is 2.44. The van der Waals surface area contributed by atoms with E-state index in [9.17, 15) is 24.3 Å². The third-order valence-electron chi connectivity index (χ3n) is 8.42. The highest BCUT2D eigenvalue weighted by Crippen LogP contribution is 2.29. The third-order valence-corrected chi connectivity index (χ3v) is 9.39. The normalized spacial score (nSPS) is 17.7. The zero-order chi connectivity index (χ0) is 33.9. The van der Waals surface area contributed by atoms with Crippen LogP contribution in [-0.2, 0) is 14.4 Å². The average molecular weight is 658 g/mol. The number of carbonyl (C=O) groups excluding carboxylic acids is 3. The molecular formula is C34H51N5O6S. The van der Waals surface area contributed by atoms with Gasteiger partial charge in [-0.2, -0.15) is 0 Å². The number of carbonyl (C=O) groups is 4. The molecule has 5 N–H and O–H groups in total. The first-order valence-electron chi connectivity index (χ1n) is 16.3. The Balaban J connectivity index is 1.51. The topological polar surface area (TPSA) is 161 Å². The van der Waals surface area contributed by atoms with Gasteiger partial charge in [0.15, 0.2) is 0 Å². The fourth-order valence-electron chi connectivity index (χ4n) is 5.74. The summed E-state index contributed by atoms with van der Waals surface area (Å²) in [7, 11) is 0. The smallest absolute Gasteiger partial charge is 0.404 e. The van der Waals surface area contributed by atoms with Crippen LogP contribution in [0.2, 0.25) is 0 Å². The lowest BCUT2D eigenvalue weighted by Gasteiger charge is -2.35. The van der Waals surface area contributed by atoms with E-state index < -0.39 is 29.7 Å². The van der Waals surface area contributed by atoms with E-state index in [1.54, 1.807) is 11.3 Å². The number of thiazole rings is 1. The highest BCUT2D eigenvalue weighted by molar-refractivity contribution is 7.13. The Kier molecular flexibility index (Phi) is 14.0. The van der Waals surface area contributed by atoms with Gasteiger partial charge in [-0.15, -0.1) is 11.3 Å². The molecule has 1 saturated heterocycles. The van der Waals surface area contributed by atoms with E-state index in [0.29, 0.717) is 19.4 Å². The first-order valence-corrected chi connectivity index (χ1v) is 17.2. The molecule has 4 amide bonds. The molecule has 46 heavy (non-hydrogen) atoms. The van der Waals surface area contributed by atoms with Crippen LogP contribution >= 0.6 is 11.3 Å². The van der Waals surface area contributed by atoms with E-state index in [1.165, 1.54) is 4.90 Å². The molecule has 0 spiro atoms. The van der Waals surface area contributed by atoms with E-state index >= 15 is 0 Å². The van der Waals surface area contributed by atoms with Gasteiger partial charge in [0.25, 0.3) is 0 Å². The van der Waals surface area contributed by atoms with Crippen molar-refractivity contribution in [2.24, 2.45) is 5.41 Å². The van der Waals surface area contributed by atoms with Crippen LogP contribution in [0.3, 0.4) is 0 Å². The van der Waals surface area contributed by atoms with Crippen molar-refractivity contribution in [3.05, 3.63) is 41.0 Å². The minimum atomic E-state index is -0.997. The second kappa shape index (κ2) is 17.4. The predicted octanol–water partition coefficient (Wildman–Crippen LogP) is 5.18. The van der Waals surface area contributed by atoms with Gasteiger partial charge in [-0.25, -0.2) is 9.78 Å². The van der Waals surface area contributed by atoms with E-state index in [1.807, 2.05) is 64.4 Å². The maximum atomic E-state index is 13.9. The van der Waals surface area contributed by atoms with Crippen LogP contribution in [-0.4, -0.2) is 75.2 Å². The molecule has 0 aliphatic carbocycles. The molecule has 4 atom stereocenters. The average Bonchev–Trinajstić information content (AvgIpc) is 3.61. The summed E-state index contributed by atoms with van der Waals surface area (Å²) < 4.78 is 0. The molecule has 1 aliphatic heterocycles. The zero-order valence-corrected chi connectivity index (χ0v) is 28.6. The molecule has 1 aliphatic rings. The first kappa shape index (κ1) is 37.0. The second-order valence-electron chi connectivity index (χ2n) is 13.3. The van der Waals surface area contributed by atoms with Crippen molar-refractivity contribution in [2.75, 3.05) is 13.1 Å². The summed E-state index contributed by atoms with van der Waals surface area (Å²) in [5.41, 5.74) is 4.17. The first-order chi connectivity index (χ1) is 21.8. The summed E-state index contributed by atoms with van der Waals surface area (Å²) in [6, 6.07) is 5.96. The Labute approximate surface area is 276 Å². The van der Waals surface area contributed by atoms with Gasteiger partial charge < -0.3 is 31.1 Å². The Morgan fingerprint density at radius 1 is 1.00 bits per heavy atom. The SMILES string of the molecule is Cc1ncsc1-c1ccc([C@H](C)NC(=O)[C@@H]2C[C@@H](O)CN2C(=O)[C@@H](NC(=O)CCCCCCCCCNC(=O)O)C(C)(C)C)cc1. The molecule has 0 radical (unpaired) electrons. The molecular weight excluding hydrogens is 606 g/mol. The number of aliphatic hydroxyl groups excluding tert-OH is 1.